The monoisotopic (exact) mass is 435 g/mol. The van der Waals surface area contributed by atoms with E-state index in [1.165, 1.54) is 4.57 Å². The topological polar surface area (TPSA) is 129 Å². The molecule has 164 valence electrons. The SMILES string of the molecule is O=C(O)CNC(=O)c1c(O)c2ccccc2n(CC2CC(=O)N(c3ccccc3)C2)c1=O. The third-order valence-corrected chi connectivity index (χ3v) is 5.49. The number of carbonyl (C=O) groups excluding carboxylic acids is 2. The van der Waals surface area contributed by atoms with E-state index in [4.69, 9.17) is 5.11 Å². The maximum atomic E-state index is 13.2. The maximum Gasteiger partial charge on any atom is 0.322 e. The van der Waals surface area contributed by atoms with Crippen LogP contribution in [0.2, 0.25) is 0 Å². The Morgan fingerprint density at radius 1 is 1.03 bits per heavy atom. The number of hydrogen-bond donors (Lipinski definition) is 3. The number of carboxylic acid groups (broad SMARTS) is 1. The summed E-state index contributed by atoms with van der Waals surface area (Å²) in [5, 5.41) is 21.8. The van der Waals surface area contributed by atoms with Crippen molar-refractivity contribution in [2.24, 2.45) is 5.92 Å². The molecule has 1 aliphatic heterocycles. The lowest BCUT2D eigenvalue weighted by molar-refractivity contribution is -0.135. The summed E-state index contributed by atoms with van der Waals surface area (Å²) in [6, 6.07) is 15.8. The standard InChI is InChI=1S/C23H21N3O6/c27-18-10-14(12-25(18)15-6-2-1-3-7-15)13-26-17-9-5-4-8-16(17)21(30)20(23(26)32)22(31)24-11-19(28)29/h1-9,14,30H,10-13H2,(H,24,31)(H,28,29). The van der Waals surface area contributed by atoms with Crippen molar-refractivity contribution in [3.63, 3.8) is 0 Å². The second-order valence-corrected chi connectivity index (χ2v) is 7.64. The van der Waals surface area contributed by atoms with Gasteiger partial charge in [0.05, 0.1) is 5.52 Å². The lowest BCUT2D eigenvalue weighted by Crippen LogP contribution is -2.36. The van der Waals surface area contributed by atoms with Gasteiger partial charge in [-0.2, -0.15) is 0 Å². The van der Waals surface area contributed by atoms with Gasteiger partial charge in [0.1, 0.15) is 17.9 Å². The largest absolute Gasteiger partial charge is 0.506 e. The van der Waals surface area contributed by atoms with Crippen LogP contribution in [0, 0.1) is 5.92 Å². The van der Waals surface area contributed by atoms with E-state index < -0.39 is 35.3 Å². The minimum absolute atomic E-state index is 0.0586. The highest BCUT2D eigenvalue weighted by Crippen LogP contribution is 2.29. The van der Waals surface area contributed by atoms with Crippen molar-refractivity contribution >= 4 is 34.4 Å². The fourth-order valence-corrected chi connectivity index (χ4v) is 4.04. The van der Waals surface area contributed by atoms with Crippen molar-refractivity contribution < 1.29 is 24.6 Å². The molecule has 3 aromatic rings. The van der Waals surface area contributed by atoms with Gasteiger partial charge in [-0.05, 0) is 24.3 Å². The van der Waals surface area contributed by atoms with Gasteiger partial charge in [-0.3, -0.25) is 19.2 Å². The number of para-hydroxylation sites is 2. The van der Waals surface area contributed by atoms with Crippen LogP contribution in [-0.2, 0) is 16.1 Å². The highest BCUT2D eigenvalue weighted by atomic mass is 16.4. The number of anilines is 1. The Labute approximate surface area is 182 Å². The number of benzene rings is 2. The minimum Gasteiger partial charge on any atom is -0.506 e. The minimum atomic E-state index is -1.27. The quantitative estimate of drug-likeness (QED) is 0.539. The smallest absolute Gasteiger partial charge is 0.322 e. The van der Waals surface area contributed by atoms with E-state index in [9.17, 15) is 24.3 Å². The zero-order valence-electron chi connectivity index (χ0n) is 17.0. The van der Waals surface area contributed by atoms with Crippen molar-refractivity contribution in [3.05, 3.63) is 70.5 Å². The molecule has 1 aliphatic rings. The molecule has 1 unspecified atom stereocenters. The van der Waals surface area contributed by atoms with Crippen molar-refractivity contribution in [3.8, 4) is 5.75 Å². The van der Waals surface area contributed by atoms with Crippen molar-refractivity contribution in [1.29, 1.82) is 0 Å². The molecule has 2 amide bonds. The van der Waals surface area contributed by atoms with E-state index in [-0.39, 0.29) is 30.2 Å². The lowest BCUT2D eigenvalue weighted by atomic mass is 10.1. The fourth-order valence-electron chi connectivity index (χ4n) is 4.04. The second kappa shape index (κ2) is 8.54. The molecule has 4 rings (SSSR count). The highest BCUT2D eigenvalue weighted by molar-refractivity contribution is 6.03. The molecule has 0 aliphatic carbocycles. The van der Waals surface area contributed by atoms with Gasteiger partial charge < -0.3 is 25.0 Å². The lowest BCUT2D eigenvalue weighted by Gasteiger charge is -2.19. The van der Waals surface area contributed by atoms with E-state index in [0.29, 0.717) is 12.1 Å². The van der Waals surface area contributed by atoms with Crippen LogP contribution in [0.4, 0.5) is 5.69 Å². The zero-order valence-corrected chi connectivity index (χ0v) is 17.0. The first-order valence-corrected chi connectivity index (χ1v) is 10.1. The first-order chi connectivity index (χ1) is 15.4. The van der Waals surface area contributed by atoms with Crippen LogP contribution in [0.3, 0.4) is 0 Å². The summed E-state index contributed by atoms with van der Waals surface area (Å²) in [7, 11) is 0. The average molecular weight is 435 g/mol. The van der Waals surface area contributed by atoms with Gasteiger partial charge in [0.25, 0.3) is 11.5 Å². The molecule has 3 N–H and O–H groups in total. The number of carboxylic acids is 1. The summed E-state index contributed by atoms with van der Waals surface area (Å²) >= 11 is 0. The summed E-state index contributed by atoms with van der Waals surface area (Å²) < 4.78 is 1.37. The van der Waals surface area contributed by atoms with Crippen LogP contribution in [-0.4, -0.2) is 45.7 Å². The van der Waals surface area contributed by atoms with Crippen LogP contribution in [0.1, 0.15) is 16.8 Å². The van der Waals surface area contributed by atoms with Crippen LogP contribution < -0.4 is 15.8 Å². The van der Waals surface area contributed by atoms with Crippen LogP contribution >= 0.6 is 0 Å². The van der Waals surface area contributed by atoms with Gasteiger partial charge in [-0.1, -0.05) is 30.3 Å². The molecule has 0 saturated carbocycles. The van der Waals surface area contributed by atoms with Crippen LogP contribution in [0.5, 0.6) is 5.75 Å². The van der Waals surface area contributed by atoms with E-state index in [0.717, 1.165) is 5.69 Å². The summed E-state index contributed by atoms with van der Waals surface area (Å²) in [6.45, 7) is -0.118. The Morgan fingerprint density at radius 2 is 1.72 bits per heavy atom. The van der Waals surface area contributed by atoms with Gasteiger partial charge in [0.15, 0.2) is 0 Å². The number of pyridine rings is 1. The Morgan fingerprint density at radius 3 is 2.44 bits per heavy atom. The molecule has 9 nitrogen and oxygen atoms in total. The molecule has 32 heavy (non-hydrogen) atoms. The third-order valence-electron chi connectivity index (χ3n) is 5.49. The molecule has 1 atom stereocenters. The number of aliphatic carboxylic acids is 1. The van der Waals surface area contributed by atoms with Gasteiger partial charge in [-0.15, -0.1) is 0 Å². The van der Waals surface area contributed by atoms with Crippen LogP contribution in [0.15, 0.2) is 59.4 Å². The van der Waals surface area contributed by atoms with Crippen molar-refractivity contribution in [2.45, 2.75) is 13.0 Å². The van der Waals surface area contributed by atoms with E-state index in [1.54, 1.807) is 29.2 Å². The molecule has 0 bridgehead atoms. The van der Waals surface area contributed by atoms with Gasteiger partial charge in [0.2, 0.25) is 5.91 Å². The Hall–Kier alpha value is -4.14. The van der Waals surface area contributed by atoms with E-state index >= 15 is 0 Å². The Bertz CT molecular complexity index is 1270. The predicted molar refractivity (Wildman–Crippen MR) is 117 cm³/mol. The molecule has 9 heteroatoms. The number of fused-ring (bicyclic) bond motifs is 1. The van der Waals surface area contributed by atoms with E-state index in [2.05, 4.69) is 5.32 Å². The van der Waals surface area contributed by atoms with E-state index in [1.807, 2.05) is 30.3 Å². The predicted octanol–water partition coefficient (Wildman–Crippen LogP) is 1.57. The van der Waals surface area contributed by atoms with Gasteiger partial charge in [-0.25, -0.2) is 0 Å². The average Bonchev–Trinajstić information content (AvgIpc) is 3.16. The van der Waals surface area contributed by atoms with Gasteiger partial charge >= 0.3 is 5.97 Å². The summed E-state index contributed by atoms with van der Waals surface area (Å²) in [6.07, 6.45) is 0.233. The number of carbonyl (C=O) groups is 3. The number of rotatable bonds is 6. The van der Waals surface area contributed by atoms with Crippen molar-refractivity contribution in [1.82, 2.24) is 9.88 Å². The molecule has 0 spiro atoms. The number of aromatic hydroxyl groups is 1. The number of hydrogen-bond acceptors (Lipinski definition) is 5. The summed E-state index contributed by atoms with van der Waals surface area (Å²) in [4.78, 5) is 50.8. The van der Waals surface area contributed by atoms with Crippen LogP contribution in [0.25, 0.3) is 10.9 Å². The third kappa shape index (κ3) is 3.92. The normalized spacial score (nSPS) is 15.8. The number of amides is 2. The number of aromatic nitrogens is 1. The second-order valence-electron chi connectivity index (χ2n) is 7.64. The Balaban J connectivity index is 1.71. The first-order valence-electron chi connectivity index (χ1n) is 10.1. The molecular formula is C23H21N3O6. The molecule has 0 radical (unpaired) electrons. The molecule has 2 aromatic carbocycles. The van der Waals surface area contributed by atoms with Crippen molar-refractivity contribution in [2.75, 3.05) is 18.0 Å². The molecule has 1 aromatic heterocycles. The number of nitrogens with one attached hydrogen (secondary N) is 1. The molecule has 1 fully saturated rings. The fraction of sp³-hybridized carbons (Fsp3) is 0.217. The zero-order chi connectivity index (χ0) is 22.8. The molecular weight excluding hydrogens is 414 g/mol. The molecule has 2 heterocycles. The van der Waals surface area contributed by atoms with Gasteiger partial charge in [0, 0.05) is 36.5 Å². The summed E-state index contributed by atoms with van der Waals surface area (Å²) in [5.41, 5.74) is -0.0593. The Kier molecular flexibility index (Phi) is 5.63. The molecule has 1 saturated heterocycles. The summed E-state index contributed by atoms with van der Waals surface area (Å²) in [5.74, 6) is -2.99. The first kappa shape index (κ1) is 21.1. The highest BCUT2D eigenvalue weighted by Gasteiger charge is 2.32. The maximum absolute atomic E-state index is 13.2. The number of nitrogens with zero attached hydrogens (tertiary/aromatic N) is 2.